The number of ketones is 1. The molecule has 1 fully saturated rings. The minimum absolute atomic E-state index is 0.00520. The maximum Gasteiger partial charge on any atom is 0.415 e. The number of nitrogens with zero attached hydrogens (tertiary/aromatic N) is 8. The van der Waals surface area contributed by atoms with Gasteiger partial charge in [-0.05, 0) is 81.9 Å². The number of nitrogens with one attached hydrogen (secondary N) is 4. The SMILES string of the molecule is CNC(=O)C[C@@H]1NC(=O)c2csc(n2)-c2ccc(-c3nc(N(CCCC(CCCCCCC(=O)O)C(=O)O)C(=O)OC4CCC(C(=O)O)CC4)cs3)nc2-c2csc(n2)-c2csc(n2)[C@H]([C@@H](O)c2ccccc2)NC(=O)CNC(=O)c2nc(sc2COC)[C@H](C(C)C)CC(=O)c2nc1sc2C. The molecule has 101 heavy (non-hydrogen) atoms. The van der Waals surface area contributed by atoms with Crippen molar-refractivity contribution < 1.29 is 73.1 Å². The average Bonchev–Trinajstić information content (AvgIpc) is 1.70. The van der Waals surface area contributed by atoms with Gasteiger partial charge < -0.3 is 51.2 Å². The predicted molar refractivity (Wildman–Crippen MR) is 381 cm³/mol. The van der Waals surface area contributed by atoms with Crippen LogP contribution in [-0.4, -0.2) is 142 Å². The van der Waals surface area contributed by atoms with Crippen molar-refractivity contribution >= 4 is 127 Å². The summed E-state index contributed by atoms with van der Waals surface area (Å²) < 4.78 is 11.5. The van der Waals surface area contributed by atoms with E-state index in [0.29, 0.717) is 131 Å². The van der Waals surface area contributed by atoms with Gasteiger partial charge in [0, 0.05) is 71.4 Å². The first-order chi connectivity index (χ1) is 48.5. The zero-order chi connectivity index (χ0) is 72.0. The molecule has 0 radical (unpaired) electrons. The van der Waals surface area contributed by atoms with E-state index in [1.165, 1.54) is 53.1 Å². The number of unbranched alkanes of at least 4 members (excludes halogenated alkanes) is 3. The number of ether oxygens (including phenoxy) is 2. The molecule has 27 nitrogen and oxygen atoms in total. The lowest BCUT2D eigenvalue weighted by atomic mass is 9.87. The smallest absolute Gasteiger partial charge is 0.415 e. The number of aromatic nitrogens is 7. The molecule has 8 N–H and O–H groups in total. The zero-order valence-electron chi connectivity index (χ0n) is 55.8. The van der Waals surface area contributed by atoms with Gasteiger partial charge >= 0.3 is 24.0 Å². The molecule has 7 aromatic heterocycles. The molecule has 10 rings (SSSR count). The van der Waals surface area contributed by atoms with Crippen molar-refractivity contribution in [2.24, 2.45) is 17.8 Å². The van der Waals surface area contributed by atoms with Crippen LogP contribution in [0.15, 0.2) is 64.0 Å². The molecule has 0 saturated heterocycles. The Balaban J connectivity index is 1.01. The number of carboxylic acid groups (broad SMARTS) is 3. The molecule has 1 saturated carbocycles. The summed E-state index contributed by atoms with van der Waals surface area (Å²) in [5.74, 6) is -7.29. The quantitative estimate of drug-likeness (QED) is 0.0276. The van der Waals surface area contributed by atoms with Crippen LogP contribution < -0.4 is 26.2 Å². The van der Waals surface area contributed by atoms with E-state index in [0.717, 1.165) is 34.0 Å². The number of pyridine rings is 1. The third-order valence-corrected chi connectivity index (χ3v) is 23.1. The fourth-order valence-electron chi connectivity index (χ4n) is 11.8. The van der Waals surface area contributed by atoms with E-state index in [9.17, 15) is 58.5 Å². The fraction of sp³-hybridized carbons (Fsp3) is 0.441. The highest BCUT2D eigenvalue weighted by atomic mass is 32.1. The largest absolute Gasteiger partial charge is 0.481 e. The van der Waals surface area contributed by atoms with Crippen molar-refractivity contribution in [2.75, 3.05) is 32.1 Å². The second-order valence-electron chi connectivity index (χ2n) is 24.8. The number of hydrogen-bond acceptors (Lipinski definition) is 25. The number of anilines is 1. The second kappa shape index (κ2) is 34.8. The van der Waals surface area contributed by atoms with Gasteiger partial charge in [-0.3, -0.25) is 43.3 Å². The number of aliphatic hydroxyl groups excluding tert-OH is 1. The van der Waals surface area contributed by atoms with Crippen molar-refractivity contribution in [3.8, 4) is 43.4 Å². The van der Waals surface area contributed by atoms with Gasteiger partial charge in [-0.15, -0.1) is 68.0 Å². The van der Waals surface area contributed by atoms with E-state index in [-0.39, 0.29) is 79.9 Å². The van der Waals surface area contributed by atoms with Crippen LogP contribution in [0.5, 0.6) is 0 Å². The summed E-state index contributed by atoms with van der Waals surface area (Å²) in [4.78, 5) is 157. The van der Waals surface area contributed by atoms with Crippen molar-refractivity contribution in [3.63, 3.8) is 0 Å². The van der Waals surface area contributed by atoms with Crippen LogP contribution in [0.3, 0.4) is 0 Å². The minimum Gasteiger partial charge on any atom is -0.481 e. The van der Waals surface area contributed by atoms with E-state index < -0.39 is 96.2 Å². The van der Waals surface area contributed by atoms with Gasteiger partial charge in [0.15, 0.2) is 5.78 Å². The number of amides is 5. The minimum atomic E-state index is -1.32. The fourth-order valence-corrected chi connectivity index (χ4v) is 17.4. The van der Waals surface area contributed by atoms with Crippen LogP contribution in [0.2, 0.25) is 0 Å². The maximum absolute atomic E-state index is 14.5. The zero-order valence-corrected chi connectivity index (χ0v) is 60.7. The number of aryl methyl sites for hydroxylation is 1. The van der Waals surface area contributed by atoms with Gasteiger partial charge in [0.2, 0.25) is 11.8 Å². The summed E-state index contributed by atoms with van der Waals surface area (Å²) in [6.07, 6.45) is 1.60. The maximum atomic E-state index is 14.5. The van der Waals surface area contributed by atoms with Crippen LogP contribution in [-0.2, 0) is 40.1 Å². The van der Waals surface area contributed by atoms with Gasteiger partial charge in [-0.1, -0.05) is 63.4 Å². The number of carboxylic acids is 3. The van der Waals surface area contributed by atoms with Crippen LogP contribution in [0, 0.1) is 24.7 Å². The first kappa shape index (κ1) is 75.0. The molecule has 33 heteroatoms. The summed E-state index contributed by atoms with van der Waals surface area (Å²) in [6.45, 7) is 5.08. The Morgan fingerprint density at radius 3 is 2.11 bits per heavy atom. The molecule has 1 aromatic carbocycles. The van der Waals surface area contributed by atoms with Crippen molar-refractivity contribution in [3.05, 3.63) is 111 Å². The number of aliphatic hydroxyl groups is 1. The molecular formula is C68H76N12O15S6. The highest BCUT2D eigenvalue weighted by Crippen LogP contribution is 2.42. The Labute approximate surface area is 604 Å². The van der Waals surface area contributed by atoms with Crippen LogP contribution >= 0.6 is 68.0 Å². The van der Waals surface area contributed by atoms with Gasteiger partial charge in [-0.2, -0.15) is 0 Å². The van der Waals surface area contributed by atoms with E-state index in [1.807, 2.05) is 13.8 Å². The van der Waals surface area contributed by atoms with E-state index in [4.69, 9.17) is 49.5 Å². The monoisotopic (exact) mass is 1490 g/mol. The summed E-state index contributed by atoms with van der Waals surface area (Å²) in [5, 5.41) is 61.0. The number of methoxy groups -OCH3 is 1. The van der Waals surface area contributed by atoms with Gasteiger partial charge in [0.25, 0.3) is 11.8 Å². The number of hydrogen-bond donors (Lipinski definition) is 8. The Morgan fingerprint density at radius 1 is 0.693 bits per heavy atom. The van der Waals surface area contributed by atoms with E-state index in [2.05, 4.69) is 21.3 Å². The third-order valence-electron chi connectivity index (χ3n) is 17.4. The lowest BCUT2D eigenvalue weighted by Crippen LogP contribution is -2.40. The topological polar surface area (TPSA) is 395 Å². The molecule has 0 spiro atoms. The first-order valence-corrected chi connectivity index (χ1v) is 38.0. The molecule has 5 amide bonds. The number of carbonyl (C=O) groups is 9. The van der Waals surface area contributed by atoms with Crippen molar-refractivity contribution in [2.45, 2.75) is 147 Å². The third kappa shape index (κ3) is 19.1. The number of fused-ring (bicyclic) bond motifs is 14. The molecule has 1 unspecified atom stereocenters. The number of aliphatic carboxylic acids is 3. The molecule has 1 aliphatic heterocycles. The van der Waals surface area contributed by atoms with Crippen LogP contribution in [0.1, 0.15) is 190 Å². The molecule has 1 aliphatic carbocycles. The van der Waals surface area contributed by atoms with Crippen molar-refractivity contribution in [1.29, 1.82) is 0 Å². The van der Waals surface area contributed by atoms with Crippen LogP contribution in [0.25, 0.3) is 43.4 Å². The lowest BCUT2D eigenvalue weighted by molar-refractivity contribution is -0.144. The summed E-state index contributed by atoms with van der Waals surface area (Å²) >= 11 is 7.07. The molecule has 10 bridgehead atoms. The van der Waals surface area contributed by atoms with Crippen molar-refractivity contribution in [1.82, 2.24) is 56.2 Å². The van der Waals surface area contributed by atoms with Gasteiger partial charge in [0.05, 0.1) is 53.0 Å². The van der Waals surface area contributed by atoms with E-state index in [1.54, 1.807) is 70.9 Å². The Hall–Kier alpha value is -8.70. The molecular weight excluding hydrogens is 1420 g/mol. The van der Waals surface area contributed by atoms with Gasteiger partial charge in [-0.25, -0.2) is 39.7 Å². The normalized spacial score (nSPS) is 18.2. The Morgan fingerprint density at radius 2 is 1.39 bits per heavy atom. The average molecular weight is 1490 g/mol. The number of thiazole rings is 6. The highest BCUT2D eigenvalue weighted by molar-refractivity contribution is 7.15. The number of Topliss-reactive ketones (excluding diaryl/α,β-unsaturated/α-hetero) is 1. The highest BCUT2D eigenvalue weighted by Gasteiger charge is 2.35. The number of rotatable bonds is 23. The number of carbonyl (C=O) groups excluding carboxylic acids is 6. The Bertz CT molecular complexity index is 4290. The standard InChI is InChI=1S/C68H76N12O15S6/c1-34(2)41-26-47(81)53-35(3)100-64(78-53)43(27-50(82)69-4)72-58(87)45-31-96-60(74-45)40-23-24-42(62-76-49(33-99-62)80(68(93)95-39-21-19-38(20-22-39)67(91)92)25-13-17-37(66(89)90)16-9-6-7-12-18-52(84)85)71-54(40)44-30-97-63(73-44)46-32-98-65(75-46)56(57(86)36-14-10-8-11-15-36)77-51(83)28-70-59(88)55-48(29-94-5)101-61(41)79-55/h8,10-11,14-15,23-24,30-34,37-39,41,43,56-57,86H,6-7,9,12-13,16-22,25-29H2,1-5H3,(H,69,82)(H,70,88)(H,72,87)(H,77,83)(H,84,85)(H,89,90)(H,91,92)/t37?,38?,39?,41-,43-,56-,57-/m0/s1. The molecule has 8 heterocycles. The first-order valence-electron chi connectivity index (χ1n) is 32.9. The molecule has 5 atom stereocenters. The van der Waals surface area contributed by atoms with Crippen LogP contribution in [0.4, 0.5) is 10.6 Å². The van der Waals surface area contributed by atoms with E-state index >= 15 is 0 Å². The summed E-state index contributed by atoms with van der Waals surface area (Å²) in [6, 6.07) is 10.0. The summed E-state index contributed by atoms with van der Waals surface area (Å²) in [7, 11) is 2.94. The molecule has 2 aliphatic rings. The summed E-state index contributed by atoms with van der Waals surface area (Å²) in [5.41, 5.74) is 2.41. The number of benzene rings is 1. The lowest BCUT2D eigenvalue weighted by Gasteiger charge is -2.28. The molecule has 534 valence electrons. The molecule has 8 aromatic rings. The predicted octanol–water partition coefficient (Wildman–Crippen LogP) is 11.7. The Kier molecular flexibility index (Phi) is 25.8. The second-order valence-corrected chi connectivity index (χ2v) is 30.6. The van der Waals surface area contributed by atoms with Gasteiger partial charge in [0.1, 0.15) is 83.3 Å².